The Labute approximate surface area is 311 Å². The summed E-state index contributed by atoms with van der Waals surface area (Å²) in [6.45, 7) is 0. The molecule has 0 aliphatic heterocycles. The molecule has 0 amide bonds. The van der Waals surface area contributed by atoms with Gasteiger partial charge in [-0.05, 0) is 59.3 Å². The first-order valence-electron chi connectivity index (χ1n) is 18.4. The Bertz CT molecular complexity index is 3600. The van der Waals surface area contributed by atoms with E-state index in [0.29, 0.717) is 17.5 Å². The predicted octanol–water partition coefficient (Wildman–Crippen LogP) is 13.0. The molecular formula is C49H26N4O2. The Morgan fingerprint density at radius 2 is 0.873 bits per heavy atom. The van der Waals surface area contributed by atoms with Gasteiger partial charge in [-0.25, -0.2) is 15.0 Å². The van der Waals surface area contributed by atoms with Crippen LogP contribution in [0.3, 0.4) is 0 Å². The summed E-state index contributed by atoms with van der Waals surface area (Å²) in [7, 11) is 0. The van der Waals surface area contributed by atoms with Crippen molar-refractivity contribution in [2.45, 2.75) is 0 Å². The standard InChI is InChI=1S/C49H26N4O2/c1-4-21-39-29(13-1)37-25-28(26-38-32-16-7-11-27-12-8-22-40(43(27)32)53(39)44(37)38)47-50-48(35-19-9-17-33-30-14-2-5-23-41(30)54-45(33)35)52-49(51-47)36-20-10-18-34-31-15-3-6-24-42(31)55-46(34)36/h1-26H. The van der Waals surface area contributed by atoms with E-state index in [0.717, 1.165) is 71.3 Å². The van der Waals surface area contributed by atoms with Crippen LogP contribution in [0.1, 0.15) is 0 Å². The number of hydrogen-bond acceptors (Lipinski definition) is 5. The molecular weight excluding hydrogens is 677 g/mol. The van der Waals surface area contributed by atoms with E-state index in [-0.39, 0.29) is 0 Å². The van der Waals surface area contributed by atoms with Crippen molar-refractivity contribution in [3.05, 3.63) is 158 Å². The summed E-state index contributed by atoms with van der Waals surface area (Å²) in [6.07, 6.45) is 0. The molecule has 55 heavy (non-hydrogen) atoms. The number of fused-ring (bicyclic) bond motifs is 11. The number of aromatic nitrogens is 4. The minimum absolute atomic E-state index is 0.529. The highest BCUT2D eigenvalue weighted by Crippen LogP contribution is 2.43. The maximum Gasteiger partial charge on any atom is 0.167 e. The molecule has 5 heterocycles. The SMILES string of the molecule is c1ccc2c(c1)oc1c(-c3nc(-c4cc5c6cccc7cccc(c76)n6c7ccccc7c(c4)c56)nc(-c4cccc5c4oc4ccccc45)n3)cccc12. The minimum Gasteiger partial charge on any atom is -0.455 e. The molecule has 0 N–H and O–H groups in total. The van der Waals surface area contributed by atoms with Gasteiger partial charge < -0.3 is 13.2 Å². The van der Waals surface area contributed by atoms with E-state index in [2.05, 4.69) is 101 Å². The van der Waals surface area contributed by atoms with Crippen molar-refractivity contribution in [1.29, 1.82) is 0 Å². The Hall–Kier alpha value is -7.57. The maximum atomic E-state index is 6.54. The normalized spacial score (nSPS) is 12.4. The van der Waals surface area contributed by atoms with Gasteiger partial charge in [-0.2, -0.15) is 0 Å². The van der Waals surface area contributed by atoms with E-state index in [9.17, 15) is 0 Å². The Balaban J connectivity index is 1.16. The zero-order valence-electron chi connectivity index (χ0n) is 29.1. The molecule has 0 unspecified atom stereocenters. The lowest BCUT2D eigenvalue weighted by molar-refractivity contribution is 0.669. The number of pyridine rings is 1. The first kappa shape index (κ1) is 28.9. The van der Waals surface area contributed by atoms with Gasteiger partial charge in [0.05, 0.1) is 27.7 Å². The van der Waals surface area contributed by atoms with Crippen LogP contribution in [0.25, 0.3) is 127 Å². The van der Waals surface area contributed by atoms with Gasteiger partial charge in [-0.15, -0.1) is 0 Å². The lowest BCUT2D eigenvalue weighted by atomic mass is 9.97. The summed E-state index contributed by atoms with van der Waals surface area (Å²) in [5.41, 5.74) is 9.18. The van der Waals surface area contributed by atoms with Gasteiger partial charge in [-0.3, -0.25) is 0 Å². The average molecular weight is 703 g/mol. The molecule has 0 spiro atoms. The molecule has 0 radical (unpaired) electrons. The smallest absolute Gasteiger partial charge is 0.167 e. The zero-order chi connectivity index (χ0) is 35.8. The summed E-state index contributed by atoms with van der Waals surface area (Å²) >= 11 is 0. The van der Waals surface area contributed by atoms with E-state index in [1.54, 1.807) is 0 Å². The summed E-state index contributed by atoms with van der Waals surface area (Å²) < 4.78 is 15.5. The highest BCUT2D eigenvalue weighted by atomic mass is 16.3. The second-order valence-corrected chi connectivity index (χ2v) is 14.3. The van der Waals surface area contributed by atoms with Gasteiger partial charge in [0.2, 0.25) is 0 Å². The molecule has 13 aromatic rings. The first-order valence-corrected chi connectivity index (χ1v) is 18.4. The summed E-state index contributed by atoms with van der Waals surface area (Å²) in [4.78, 5) is 15.8. The van der Waals surface area contributed by atoms with Crippen LogP contribution >= 0.6 is 0 Å². The second kappa shape index (κ2) is 10.5. The number of hydrogen-bond donors (Lipinski definition) is 0. The van der Waals surface area contributed by atoms with Crippen LogP contribution in [0.2, 0.25) is 0 Å². The number of nitrogens with zero attached hydrogens (tertiary/aromatic N) is 4. The maximum absolute atomic E-state index is 6.54. The van der Waals surface area contributed by atoms with E-state index < -0.39 is 0 Å². The van der Waals surface area contributed by atoms with Crippen LogP contribution in [0.15, 0.2) is 167 Å². The molecule has 6 heteroatoms. The van der Waals surface area contributed by atoms with Crippen molar-refractivity contribution < 1.29 is 8.83 Å². The molecule has 6 nitrogen and oxygen atoms in total. The lowest BCUT2D eigenvalue weighted by Crippen LogP contribution is -2.01. The van der Waals surface area contributed by atoms with Crippen LogP contribution in [0.4, 0.5) is 0 Å². The molecule has 5 aromatic heterocycles. The highest BCUT2D eigenvalue weighted by molar-refractivity contribution is 6.27. The van der Waals surface area contributed by atoms with E-state index in [1.807, 2.05) is 60.7 Å². The van der Waals surface area contributed by atoms with Crippen LogP contribution in [-0.4, -0.2) is 19.4 Å². The lowest BCUT2D eigenvalue weighted by Gasteiger charge is -2.14. The average Bonchev–Trinajstić information content (AvgIpc) is 3.93. The Morgan fingerprint density at radius 1 is 0.382 bits per heavy atom. The molecule has 254 valence electrons. The van der Waals surface area contributed by atoms with Crippen LogP contribution < -0.4 is 0 Å². The molecule has 0 atom stereocenters. The van der Waals surface area contributed by atoms with Gasteiger partial charge in [0.15, 0.2) is 17.5 Å². The van der Waals surface area contributed by atoms with Crippen LogP contribution in [-0.2, 0) is 0 Å². The summed E-state index contributed by atoms with van der Waals surface area (Å²) in [5.74, 6) is 1.63. The van der Waals surface area contributed by atoms with E-state index >= 15 is 0 Å². The fraction of sp³-hybridized carbons (Fsp3) is 0. The Morgan fingerprint density at radius 3 is 1.55 bits per heavy atom. The fourth-order valence-electron chi connectivity index (χ4n) is 9.01. The highest BCUT2D eigenvalue weighted by Gasteiger charge is 2.23. The van der Waals surface area contributed by atoms with Crippen molar-refractivity contribution in [3.63, 3.8) is 0 Å². The molecule has 8 aromatic carbocycles. The van der Waals surface area contributed by atoms with Gasteiger partial charge >= 0.3 is 0 Å². The van der Waals surface area contributed by atoms with Crippen LogP contribution in [0, 0.1) is 0 Å². The number of rotatable bonds is 3. The number of furan rings is 2. The molecule has 0 fully saturated rings. The third-order valence-corrected chi connectivity index (χ3v) is 11.4. The third-order valence-electron chi connectivity index (χ3n) is 11.4. The van der Waals surface area contributed by atoms with Gasteiger partial charge in [0, 0.05) is 48.7 Å². The number of benzene rings is 8. The summed E-state index contributed by atoms with van der Waals surface area (Å²) in [5, 5.41) is 11.3. The topological polar surface area (TPSA) is 69.4 Å². The van der Waals surface area contributed by atoms with Crippen molar-refractivity contribution in [1.82, 2.24) is 19.4 Å². The molecule has 0 aliphatic rings. The van der Waals surface area contributed by atoms with Crippen molar-refractivity contribution in [2.24, 2.45) is 0 Å². The van der Waals surface area contributed by atoms with E-state index in [4.69, 9.17) is 23.8 Å². The van der Waals surface area contributed by atoms with Gasteiger partial charge in [0.1, 0.15) is 22.3 Å². The van der Waals surface area contributed by atoms with Crippen LogP contribution in [0.5, 0.6) is 0 Å². The summed E-state index contributed by atoms with van der Waals surface area (Å²) in [6, 6.07) is 54.9. The van der Waals surface area contributed by atoms with E-state index in [1.165, 1.54) is 38.1 Å². The first-order chi connectivity index (χ1) is 27.3. The monoisotopic (exact) mass is 702 g/mol. The number of para-hydroxylation sites is 5. The predicted molar refractivity (Wildman–Crippen MR) is 223 cm³/mol. The van der Waals surface area contributed by atoms with Crippen molar-refractivity contribution >= 4 is 92.7 Å². The van der Waals surface area contributed by atoms with Gasteiger partial charge in [0.25, 0.3) is 0 Å². The molecule has 13 rings (SSSR count). The van der Waals surface area contributed by atoms with Gasteiger partial charge in [-0.1, -0.05) is 109 Å². The van der Waals surface area contributed by atoms with Crippen molar-refractivity contribution in [3.8, 4) is 34.2 Å². The van der Waals surface area contributed by atoms with Crippen molar-refractivity contribution in [2.75, 3.05) is 0 Å². The fourth-order valence-corrected chi connectivity index (χ4v) is 9.01. The second-order valence-electron chi connectivity index (χ2n) is 14.3. The molecule has 0 aliphatic carbocycles. The minimum atomic E-state index is 0.529. The quantitative estimate of drug-likeness (QED) is 0.135. The largest absolute Gasteiger partial charge is 0.455 e. The molecule has 0 saturated heterocycles. The molecule has 0 bridgehead atoms. The Kier molecular flexibility index (Phi) is 5.54. The zero-order valence-corrected chi connectivity index (χ0v) is 29.1. The molecule has 0 saturated carbocycles. The third kappa shape index (κ3) is 3.89.